The molecule has 1 aliphatic heterocycles. The monoisotopic (exact) mass is 182 g/mol. The Morgan fingerprint density at radius 3 is 3.15 bits per heavy atom. The van der Waals surface area contributed by atoms with Crippen molar-refractivity contribution >= 4 is 5.91 Å². The van der Waals surface area contributed by atoms with E-state index in [0.717, 1.165) is 19.0 Å². The molecule has 2 atom stereocenters. The molecule has 1 saturated carbocycles. The normalized spacial score (nSPS) is 33.6. The van der Waals surface area contributed by atoms with Crippen LogP contribution in [0.3, 0.4) is 0 Å². The first-order chi connectivity index (χ1) is 6.33. The van der Waals surface area contributed by atoms with Gasteiger partial charge in [-0.3, -0.25) is 4.79 Å². The Bertz CT molecular complexity index is 205. The standard InChI is InChI=1S/C10H18N2O/c1-2-3-8-6-9(8)12-5-4-11-7-10(12)13/h8-9,11H,2-7H2,1H3. The van der Waals surface area contributed by atoms with Gasteiger partial charge in [0.2, 0.25) is 5.91 Å². The van der Waals surface area contributed by atoms with Crippen LogP contribution in [0.5, 0.6) is 0 Å². The Labute approximate surface area is 79.5 Å². The van der Waals surface area contributed by atoms with Crippen LogP contribution < -0.4 is 5.32 Å². The molecule has 1 amide bonds. The molecule has 1 aliphatic carbocycles. The van der Waals surface area contributed by atoms with E-state index in [1.54, 1.807) is 0 Å². The second-order valence-electron chi connectivity index (χ2n) is 4.12. The van der Waals surface area contributed by atoms with E-state index in [1.807, 2.05) is 0 Å². The van der Waals surface area contributed by atoms with Crippen molar-refractivity contribution in [2.75, 3.05) is 19.6 Å². The van der Waals surface area contributed by atoms with Gasteiger partial charge in [-0.1, -0.05) is 13.3 Å². The van der Waals surface area contributed by atoms with Crippen LogP contribution in [-0.2, 0) is 4.79 Å². The summed E-state index contributed by atoms with van der Waals surface area (Å²) < 4.78 is 0. The molecule has 3 nitrogen and oxygen atoms in total. The van der Waals surface area contributed by atoms with Gasteiger partial charge >= 0.3 is 0 Å². The smallest absolute Gasteiger partial charge is 0.236 e. The largest absolute Gasteiger partial charge is 0.337 e. The molecule has 74 valence electrons. The average Bonchev–Trinajstić information content (AvgIpc) is 2.86. The Hall–Kier alpha value is -0.570. The molecule has 0 spiro atoms. The number of rotatable bonds is 3. The summed E-state index contributed by atoms with van der Waals surface area (Å²) in [6.45, 7) is 4.66. The van der Waals surface area contributed by atoms with Crippen molar-refractivity contribution in [2.24, 2.45) is 5.92 Å². The first kappa shape index (κ1) is 9.00. The van der Waals surface area contributed by atoms with Crippen LogP contribution in [0.1, 0.15) is 26.2 Å². The number of carbonyl (C=O) groups is 1. The molecular weight excluding hydrogens is 164 g/mol. The fourth-order valence-corrected chi connectivity index (χ4v) is 2.27. The van der Waals surface area contributed by atoms with Gasteiger partial charge in [-0.15, -0.1) is 0 Å². The summed E-state index contributed by atoms with van der Waals surface area (Å²) in [5.74, 6) is 1.11. The lowest BCUT2D eigenvalue weighted by Crippen LogP contribution is -2.49. The Balaban J connectivity index is 1.84. The van der Waals surface area contributed by atoms with Crippen LogP contribution >= 0.6 is 0 Å². The van der Waals surface area contributed by atoms with E-state index in [0.29, 0.717) is 18.5 Å². The fourth-order valence-electron chi connectivity index (χ4n) is 2.27. The van der Waals surface area contributed by atoms with Gasteiger partial charge in [0.05, 0.1) is 6.54 Å². The lowest BCUT2D eigenvalue weighted by Gasteiger charge is -2.27. The minimum absolute atomic E-state index is 0.301. The maximum Gasteiger partial charge on any atom is 0.236 e. The van der Waals surface area contributed by atoms with Gasteiger partial charge < -0.3 is 10.2 Å². The van der Waals surface area contributed by atoms with E-state index >= 15 is 0 Å². The van der Waals surface area contributed by atoms with Crippen molar-refractivity contribution in [1.29, 1.82) is 0 Å². The summed E-state index contributed by atoms with van der Waals surface area (Å²) in [5.41, 5.74) is 0. The van der Waals surface area contributed by atoms with Crippen LogP contribution in [0.2, 0.25) is 0 Å². The van der Waals surface area contributed by atoms with Crippen LogP contribution in [0, 0.1) is 5.92 Å². The third kappa shape index (κ3) is 1.85. The zero-order valence-corrected chi connectivity index (χ0v) is 8.25. The van der Waals surface area contributed by atoms with E-state index in [-0.39, 0.29) is 0 Å². The number of nitrogens with one attached hydrogen (secondary N) is 1. The molecule has 3 heteroatoms. The van der Waals surface area contributed by atoms with Crippen molar-refractivity contribution in [1.82, 2.24) is 10.2 Å². The molecule has 2 aliphatic rings. The van der Waals surface area contributed by atoms with Gasteiger partial charge in [0.1, 0.15) is 0 Å². The average molecular weight is 182 g/mol. The Morgan fingerprint density at radius 2 is 2.46 bits per heavy atom. The lowest BCUT2D eigenvalue weighted by atomic mass is 10.2. The third-order valence-corrected chi connectivity index (χ3v) is 3.07. The first-order valence-corrected chi connectivity index (χ1v) is 5.33. The predicted octanol–water partition coefficient (Wildman–Crippen LogP) is 0.607. The number of amides is 1. The number of nitrogens with zero attached hydrogens (tertiary/aromatic N) is 1. The quantitative estimate of drug-likeness (QED) is 0.693. The molecule has 0 radical (unpaired) electrons. The van der Waals surface area contributed by atoms with Crippen LogP contribution in [0.15, 0.2) is 0 Å². The molecule has 2 fully saturated rings. The maximum absolute atomic E-state index is 11.5. The van der Waals surface area contributed by atoms with Crippen molar-refractivity contribution in [3.8, 4) is 0 Å². The minimum atomic E-state index is 0.301. The van der Waals surface area contributed by atoms with Crippen molar-refractivity contribution < 1.29 is 4.79 Å². The highest BCUT2D eigenvalue weighted by atomic mass is 16.2. The molecule has 2 unspecified atom stereocenters. The molecule has 0 aromatic rings. The van der Waals surface area contributed by atoms with E-state index in [2.05, 4.69) is 17.1 Å². The summed E-state index contributed by atoms with van der Waals surface area (Å²) in [5, 5.41) is 3.10. The Morgan fingerprint density at radius 1 is 1.62 bits per heavy atom. The molecule has 13 heavy (non-hydrogen) atoms. The van der Waals surface area contributed by atoms with Gasteiger partial charge in [0.15, 0.2) is 0 Å². The van der Waals surface area contributed by atoms with Crippen LogP contribution in [0.4, 0.5) is 0 Å². The van der Waals surface area contributed by atoms with Crippen molar-refractivity contribution in [2.45, 2.75) is 32.2 Å². The number of hydrogen-bond donors (Lipinski definition) is 1. The topological polar surface area (TPSA) is 32.3 Å². The molecular formula is C10H18N2O. The van der Waals surface area contributed by atoms with Gasteiger partial charge in [0, 0.05) is 19.1 Å². The highest BCUT2D eigenvalue weighted by Crippen LogP contribution is 2.39. The number of hydrogen-bond acceptors (Lipinski definition) is 2. The molecule has 1 heterocycles. The predicted molar refractivity (Wildman–Crippen MR) is 51.4 cm³/mol. The summed E-state index contributed by atoms with van der Waals surface area (Å²) in [6, 6.07) is 0.592. The second kappa shape index (κ2) is 3.66. The Kier molecular flexibility index (Phi) is 2.54. The molecule has 0 bridgehead atoms. The second-order valence-corrected chi connectivity index (χ2v) is 4.12. The van der Waals surface area contributed by atoms with Gasteiger partial charge in [-0.2, -0.15) is 0 Å². The first-order valence-electron chi connectivity index (χ1n) is 5.33. The molecule has 0 aromatic heterocycles. The van der Waals surface area contributed by atoms with Gasteiger partial charge in [-0.25, -0.2) is 0 Å². The molecule has 1 N–H and O–H groups in total. The van der Waals surface area contributed by atoms with Crippen molar-refractivity contribution in [3.63, 3.8) is 0 Å². The van der Waals surface area contributed by atoms with Crippen molar-refractivity contribution in [3.05, 3.63) is 0 Å². The van der Waals surface area contributed by atoms with E-state index in [9.17, 15) is 4.79 Å². The molecule has 1 saturated heterocycles. The van der Waals surface area contributed by atoms with E-state index < -0.39 is 0 Å². The maximum atomic E-state index is 11.5. The summed E-state index contributed by atoms with van der Waals surface area (Å²) in [7, 11) is 0. The van der Waals surface area contributed by atoms with Crippen LogP contribution in [-0.4, -0.2) is 36.5 Å². The SMILES string of the molecule is CCCC1CC1N1CCNCC1=O. The van der Waals surface area contributed by atoms with E-state index in [1.165, 1.54) is 19.3 Å². The number of piperazine rings is 1. The van der Waals surface area contributed by atoms with Gasteiger partial charge in [0.25, 0.3) is 0 Å². The number of carbonyl (C=O) groups excluding carboxylic acids is 1. The third-order valence-electron chi connectivity index (χ3n) is 3.07. The minimum Gasteiger partial charge on any atom is -0.337 e. The summed E-state index contributed by atoms with van der Waals surface area (Å²) >= 11 is 0. The highest BCUT2D eigenvalue weighted by molar-refractivity contribution is 5.79. The highest BCUT2D eigenvalue weighted by Gasteiger charge is 2.43. The molecule has 0 aromatic carbocycles. The summed E-state index contributed by atoms with van der Waals surface area (Å²) in [6.07, 6.45) is 3.79. The van der Waals surface area contributed by atoms with Crippen LogP contribution in [0.25, 0.3) is 0 Å². The van der Waals surface area contributed by atoms with E-state index in [4.69, 9.17) is 0 Å². The fraction of sp³-hybridized carbons (Fsp3) is 0.900. The zero-order chi connectivity index (χ0) is 9.26. The van der Waals surface area contributed by atoms with Gasteiger partial charge in [-0.05, 0) is 18.8 Å². The zero-order valence-electron chi connectivity index (χ0n) is 8.25. The molecule has 2 rings (SSSR count). The summed E-state index contributed by atoms with van der Waals surface area (Å²) in [4.78, 5) is 13.6. The lowest BCUT2D eigenvalue weighted by molar-refractivity contribution is -0.132.